The minimum absolute atomic E-state index is 0.00402. The summed E-state index contributed by atoms with van der Waals surface area (Å²) in [5.74, 6) is 0. The van der Waals surface area contributed by atoms with Crippen LogP contribution >= 0.6 is 12.2 Å². The monoisotopic (exact) mass is 375 g/mol. The summed E-state index contributed by atoms with van der Waals surface area (Å²) < 4.78 is 0. The summed E-state index contributed by atoms with van der Waals surface area (Å²) in [5, 5.41) is 20.2. The van der Waals surface area contributed by atoms with Crippen molar-refractivity contribution in [3.63, 3.8) is 0 Å². The number of hydrogen-bond acceptors (Lipinski definition) is 5. The van der Waals surface area contributed by atoms with Gasteiger partial charge >= 0.3 is 0 Å². The summed E-state index contributed by atoms with van der Waals surface area (Å²) in [6, 6.07) is 13.9. The molecule has 0 spiro atoms. The highest BCUT2D eigenvalue weighted by atomic mass is 32.1. The number of nitrogens with zero attached hydrogens (tertiary/aromatic N) is 3. The Balaban J connectivity index is 1.67. The Labute approximate surface area is 159 Å². The zero-order valence-electron chi connectivity index (χ0n) is 13.9. The van der Waals surface area contributed by atoms with Crippen molar-refractivity contribution in [1.82, 2.24) is 9.97 Å². The Bertz CT molecular complexity index is 1200. The molecule has 0 aliphatic carbocycles. The molecule has 0 saturated heterocycles. The Morgan fingerprint density at radius 1 is 1.04 bits per heavy atom. The number of benzene rings is 2. The van der Waals surface area contributed by atoms with Gasteiger partial charge in [-0.15, -0.1) is 0 Å². The van der Waals surface area contributed by atoms with Gasteiger partial charge in [-0.1, -0.05) is 6.07 Å². The molecule has 8 heteroatoms. The van der Waals surface area contributed by atoms with Crippen LogP contribution in [0.4, 0.5) is 17.1 Å². The van der Waals surface area contributed by atoms with Gasteiger partial charge in [0.15, 0.2) is 5.11 Å². The third-order valence-electron chi connectivity index (χ3n) is 4.07. The number of anilines is 2. The summed E-state index contributed by atoms with van der Waals surface area (Å²) in [6.45, 7) is 0. The van der Waals surface area contributed by atoms with Crippen molar-refractivity contribution >= 4 is 56.1 Å². The summed E-state index contributed by atoms with van der Waals surface area (Å²) in [5.41, 5.74) is 2.15. The molecule has 0 fully saturated rings. The van der Waals surface area contributed by atoms with Crippen LogP contribution in [0.25, 0.3) is 21.7 Å². The number of hydrogen-bond donors (Lipinski definition) is 2. The van der Waals surface area contributed by atoms with Crippen LogP contribution < -0.4 is 10.6 Å². The van der Waals surface area contributed by atoms with Gasteiger partial charge in [-0.2, -0.15) is 0 Å². The summed E-state index contributed by atoms with van der Waals surface area (Å²) in [6.07, 6.45) is 5.24. The largest absolute Gasteiger partial charge is 0.332 e. The molecule has 0 unspecified atom stereocenters. The van der Waals surface area contributed by atoms with E-state index >= 15 is 0 Å². The molecule has 4 rings (SSSR count). The SMILES string of the molecule is O=[N+]([O-])c1cccc(NC(=S)Nc2cc3ccncc3c3ncccc23)c1. The fourth-order valence-corrected chi connectivity index (χ4v) is 3.11. The molecule has 132 valence electrons. The fourth-order valence-electron chi connectivity index (χ4n) is 2.88. The minimum Gasteiger partial charge on any atom is -0.332 e. The number of fused-ring (bicyclic) bond motifs is 3. The lowest BCUT2D eigenvalue weighted by Crippen LogP contribution is -2.19. The highest BCUT2D eigenvalue weighted by Crippen LogP contribution is 2.30. The lowest BCUT2D eigenvalue weighted by Gasteiger charge is -2.14. The quantitative estimate of drug-likeness (QED) is 0.236. The Morgan fingerprint density at radius 3 is 2.78 bits per heavy atom. The van der Waals surface area contributed by atoms with E-state index in [4.69, 9.17) is 12.2 Å². The number of pyridine rings is 2. The van der Waals surface area contributed by atoms with Crippen molar-refractivity contribution in [2.45, 2.75) is 0 Å². The molecule has 0 aliphatic heterocycles. The molecule has 0 radical (unpaired) electrons. The first-order valence-corrected chi connectivity index (χ1v) is 8.46. The second kappa shape index (κ2) is 6.93. The molecule has 2 N–H and O–H groups in total. The first-order valence-electron chi connectivity index (χ1n) is 8.06. The average molecular weight is 375 g/mol. The molecule has 7 nitrogen and oxygen atoms in total. The first kappa shape index (κ1) is 16.8. The molecule has 4 aromatic rings. The van der Waals surface area contributed by atoms with E-state index in [1.54, 1.807) is 30.7 Å². The van der Waals surface area contributed by atoms with Crippen molar-refractivity contribution in [2.24, 2.45) is 0 Å². The maximum atomic E-state index is 10.9. The number of rotatable bonds is 3. The van der Waals surface area contributed by atoms with Gasteiger partial charge < -0.3 is 10.6 Å². The van der Waals surface area contributed by atoms with Gasteiger partial charge in [0.1, 0.15) is 0 Å². The van der Waals surface area contributed by atoms with Gasteiger partial charge in [0.05, 0.1) is 16.1 Å². The lowest BCUT2D eigenvalue weighted by molar-refractivity contribution is -0.384. The number of thiocarbonyl (C=S) groups is 1. The van der Waals surface area contributed by atoms with Gasteiger partial charge in [-0.25, -0.2) is 0 Å². The molecule has 0 atom stereocenters. The molecule has 0 aliphatic rings. The Kier molecular flexibility index (Phi) is 4.31. The van der Waals surface area contributed by atoms with Gasteiger partial charge in [0.25, 0.3) is 5.69 Å². The van der Waals surface area contributed by atoms with Crippen LogP contribution in [0.5, 0.6) is 0 Å². The fraction of sp³-hybridized carbons (Fsp3) is 0. The predicted molar refractivity (Wildman–Crippen MR) is 110 cm³/mol. The van der Waals surface area contributed by atoms with Crippen LogP contribution in [-0.2, 0) is 0 Å². The van der Waals surface area contributed by atoms with Crippen LogP contribution in [0.3, 0.4) is 0 Å². The normalized spacial score (nSPS) is 10.7. The lowest BCUT2D eigenvalue weighted by atomic mass is 10.1. The second-order valence-corrected chi connectivity index (χ2v) is 6.22. The minimum atomic E-state index is -0.446. The standard InChI is InChI=1S/C19H13N5O2S/c25-24(26)14-4-1-3-13(10-14)22-19(27)23-17-9-12-6-8-20-11-16(12)18-15(17)5-2-7-21-18/h1-11H,(H2,22,23,27). The van der Waals surface area contributed by atoms with Gasteiger partial charge in [0.2, 0.25) is 0 Å². The molecule has 27 heavy (non-hydrogen) atoms. The Morgan fingerprint density at radius 2 is 1.93 bits per heavy atom. The highest BCUT2D eigenvalue weighted by molar-refractivity contribution is 7.80. The molecule has 0 bridgehead atoms. The van der Waals surface area contributed by atoms with Crippen molar-refractivity contribution in [2.75, 3.05) is 10.6 Å². The van der Waals surface area contributed by atoms with E-state index in [1.165, 1.54) is 12.1 Å². The zero-order valence-corrected chi connectivity index (χ0v) is 14.7. The van der Waals surface area contributed by atoms with Gasteiger partial charge in [0, 0.05) is 47.2 Å². The van der Waals surface area contributed by atoms with Gasteiger partial charge in [-0.3, -0.25) is 20.1 Å². The van der Waals surface area contributed by atoms with Crippen molar-refractivity contribution in [3.05, 3.63) is 77.2 Å². The van der Waals surface area contributed by atoms with Crippen LogP contribution in [0.15, 0.2) is 67.1 Å². The number of nitro groups is 1. The molecule has 2 heterocycles. The number of aromatic nitrogens is 2. The molecule has 0 amide bonds. The molecular weight excluding hydrogens is 362 g/mol. The molecule has 2 aromatic carbocycles. The molecule has 0 saturated carbocycles. The summed E-state index contributed by atoms with van der Waals surface area (Å²) in [4.78, 5) is 19.1. The first-order chi connectivity index (χ1) is 13.1. The van der Waals surface area contributed by atoms with E-state index < -0.39 is 4.92 Å². The predicted octanol–water partition coefficient (Wildman–Crippen LogP) is 4.50. The number of non-ortho nitro benzene ring substituents is 1. The van der Waals surface area contributed by atoms with E-state index in [0.29, 0.717) is 10.8 Å². The third kappa shape index (κ3) is 3.38. The maximum absolute atomic E-state index is 10.9. The zero-order chi connectivity index (χ0) is 18.8. The summed E-state index contributed by atoms with van der Waals surface area (Å²) in [7, 11) is 0. The Hall–Kier alpha value is -3.65. The molecular formula is C19H13N5O2S. The number of nitro benzene ring substituents is 1. The van der Waals surface area contributed by atoms with E-state index in [9.17, 15) is 10.1 Å². The van der Waals surface area contributed by atoms with E-state index in [0.717, 1.165) is 27.4 Å². The number of nitrogens with one attached hydrogen (secondary N) is 2. The van der Waals surface area contributed by atoms with Crippen molar-refractivity contribution in [3.8, 4) is 0 Å². The van der Waals surface area contributed by atoms with Crippen molar-refractivity contribution in [1.29, 1.82) is 0 Å². The van der Waals surface area contributed by atoms with Crippen LogP contribution in [-0.4, -0.2) is 20.0 Å². The van der Waals surface area contributed by atoms with E-state index in [2.05, 4.69) is 20.6 Å². The van der Waals surface area contributed by atoms with Crippen LogP contribution in [0, 0.1) is 10.1 Å². The van der Waals surface area contributed by atoms with E-state index in [1.807, 2.05) is 24.3 Å². The second-order valence-electron chi connectivity index (χ2n) is 5.81. The van der Waals surface area contributed by atoms with E-state index in [-0.39, 0.29) is 5.69 Å². The highest BCUT2D eigenvalue weighted by Gasteiger charge is 2.10. The van der Waals surface area contributed by atoms with Gasteiger partial charge in [-0.05, 0) is 47.9 Å². The summed E-state index contributed by atoms with van der Waals surface area (Å²) >= 11 is 5.39. The molecule has 2 aromatic heterocycles. The average Bonchev–Trinajstić information content (AvgIpc) is 2.68. The smallest absolute Gasteiger partial charge is 0.271 e. The maximum Gasteiger partial charge on any atom is 0.271 e. The van der Waals surface area contributed by atoms with Crippen LogP contribution in [0.1, 0.15) is 0 Å². The van der Waals surface area contributed by atoms with Crippen molar-refractivity contribution < 1.29 is 4.92 Å². The van der Waals surface area contributed by atoms with Crippen LogP contribution in [0.2, 0.25) is 0 Å². The third-order valence-corrected chi connectivity index (χ3v) is 4.27. The topological polar surface area (TPSA) is 93.0 Å².